The number of nitrogens with zero attached hydrogens (tertiary/aromatic N) is 1. The van der Waals surface area contributed by atoms with Crippen LogP contribution in [0, 0.1) is 0 Å². The summed E-state index contributed by atoms with van der Waals surface area (Å²) in [6.45, 7) is 5.99. The maximum absolute atomic E-state index is 12.5. The van der Waals surface area contributed by atoms with Gasteiger partial charge < -0.3 is 14.2 Å². The molecule has 2 fully saturated rings. The number of amides is 2. The summed E-state index contributed by atoms with van der Waals surface area (Å²) in [7, 11) is 0. The largest absolute Gasteiger partial charge is 0.439 e. The molecule has 0 spiro atoms. The van der Waals surface area contributed by atoms with Crippen molar-refractivity contribution in [1.82, 2.24) is 4.90 Å². The minimum absolute atomic E-state index is 0.122. The van der Waals surface area contributed by atoms with Gasteiger partial charge in [0.05, 0.1) is 18.8 Å². The van der Waals surface area contributed by atoms with Crippen molar-refractivity contribution in [3.05, 3.63) is 35.9 Å². The van der Waals surface area contributed by atoms with Gasteiger partial charge in [0.1, 0.15) is 6.10 Å². The summed E-state index contributed by atoms with van der Waals surface area (Å²) in [4.78, 5) is 25.8. The molecule has 1 aromatic rings. The zero-order chi connectivity index (χ0) is 17.3. The lowest BCUT2D eigenvalue weighted by atomic mass is 10.0. The Hall–Kier alpha value is -1.92. The molecule has 0 aliphatic carbocycles. The fraction of sp³-hybridized carbons (Fsp3) is 0.556. The van der Waals surface area contributed by atoms with E-state index in [1.807, 2.05) is 51.1 Å². The zero-order valence-electron chi connectivity index (χ0n) is 14.2. The first-order valence-electron chi connectivity index (χ1n) is 8.27. The van der Waals surface area contributed by atoms with E-state index in [1.165, 1.54) is 4.90 Å². The molecule has 2 amide bonds. The van der Waals surface area contributed by atoms with Gasteiger partial charge in [0.15, 0.2) is 5.79 Å². The number of cyclic esters (lactones) is 1. The summed E-state index contributed by atoms with van der Waals surface area (Å²) in [5, 5.41) is 0. The number of imide groups is 1. The van der Waals surface area contributed by atoms with Crippen molar-refractivity contribution >= 4 is 12.0 Å². The molecule has 3 atom stereocenters. The van der Waals surface area contributed by atoms with Crippen LogP contribution in [-0.4, -0.2) is 41.4 Å². The molecule has 0 unspecified atom stereocenters. The highest BCUT2D eigenvalue weighted by atomic mass is 16.7. The van der Waals surface area contributed by atoms with Crippen LogP contribution in [0.4, 0.5) is 4.79 Å². The normalized spacial score (nSPS) is 28.9. The molecular weight excluding hydrogens is 310 g/mol. The fourth-order valence-corrected chi connectivity index (χ4v) is 3.19. The standard InChI is InChI=1S/C18H23NO5/c1-12-16(13-7-5-4-6-8-13)23-17(21)19(12)15(20)10-9-14-11-22-18(2,3)24-14/h4-8,12,14,16H,9-11H2,1-3H3/t12-,14-,16-/m0/s1. The third kappa shape index (κ3) is 3.44. The van der Waals surface area contributed by atoms with Gasteiger partial charge >= 0.3 is 6.09 Å². The van der Waals surface area contributed by atoms with Crippen LogP contribution in [0.3, 0.4) is 0 Å². The highest BCUT2D eigenvalue weighted by molar-refractivity contribution is 5.93. The Morgan fingerprint density at radius 1 is 1.29 bits per heavy atom. The maximum Gasteiger partial charge on any atom is 0.417 e. The molecule has 1 aromatic carbocycles. The van der Waals surface area contributed by atoms with E-state index in [9.17, 15) is 9.59 Å². The molecule has 6 heteroatoms. The van der Waals surface area contributed by atoms with E-state index in [1.54, 1.807) is 0 Å². The Morgan fingerprint density at radius 3 is 2.62 bits per heavy atom. The van der Waals surface area contributed by atoms with Crippen LogP contribution in [0.1, 0.15) is 45.3 Å². The van der Waals surface area contributed by atoms with Crippen molar-refractivity contribution in [3.63, 3.8) is 0 Å². The van der Waals surface area contributed by atoms with Gasteiger partial charge in [-0.15, -0.1) is 0 Å². The van der Waals surface area contributed by atoms with Gasteiger partial charge in [-0.3, -0.25) is 4.79 Å². The van der Waals surface area contributed by atoms with E-state index >= 15 is 0 Å². The topological polar surface area (TPSA) is 65.1 Å². The molecule has 2 aliphatic rings. The Bertz CT molecular complexity index is 615. The van der Waals surface area contributed by atoms with Crippen LogP contribution in [0.15, 0.2) is 30.3 Å². The predicted molar refractivity (Wildman–Crippen MR) is 86.1 cm³/mol. The van der Waals surface area contributed by atoms with E-state index in [4.69, 9.17) is 14.2 Å². The lowest BCUT2D eigenvalue weighted by molar-refractivity contribution is -0.141. The van der Waals surface area contributed by atoms with Crippen LogP contribution in [0.25, 0.3) is 0 Å². The average Bonchev–Trinajstić information content (AvgIpc) is 3.05. The minimum atomic E-state index is -0.605. The molecule has 3 rings (SSSR count). The van der Waals surface area contributed by atoms with E-state index in [0.717, 1.165) is 5.56 Å². The Kier molecular flexibility index (Phi) is 4.60. The number of carbonyl (C=O) groups is 2. The van der Waals surface area contributed by atoms with Gasteiger partial charge in [-0.25, -0.2) is 9.69 Å². The molecular formula is C18H23NO5. The van der Waals surface area contributed by atoms with E-state index in [-0.39, 0.29) is 24.5 Å². The second-order valence-corrected chi connectivity index (χ2v) is 6.71. The lowest BCUT2D eigenvalue weighted by Crippen LogP contribution is -2.38. The average molecular weight is 333 g/mol. The summed E-state index contributed by atoms with van der Waals surface area (Å²) in [5.74, 6) is -0.842. The molecule has 130 valence electrons. The molecule has 6 nitrogen and oxygen atoms in total. The Labute approximate surface area is 141 Å². The van der Waals surface area contributed by atoms with E-state index in [0.29, 0.717) is 13.0 Å². The molecule has 0 bridgehead atoms. The van der Waals surface area contributed by atoms with Crippen LogP contribution in [0.5, 0.6) is 0 Å². The lowest BCUT2D eigenvalue weighted by Gasteiger charge is -2.20. The first-order valence-corrected chi connectivity index (χ1v) is 8.27. The monoisotopic (exact) mass is 333 g/mol. The predicted octanol–water partition coefficient (Wildman–Crippen LogP) is 3.03. The van der Waals surface area contributed by atoms with E-state index < -0.39 is 18.0 Å². The minimum Gasteiger partial charge on any atom is -0.439 e. The molecule has 24 heavy (non-hydrogen) atoms. The SMILES string of the molecule is C[C@H]1[C@@H](c2ccccc2)OC(=O)N1C(=O)CC[C@H]1COC(C)(C)O1. The van der Waals surface area contributed by atoms with Gasteiger partial charge in [-0.05, 0) is 32.8 Å². The van der Waals surface area contributed by atoms with Crippen LogP contribution in [-0.2, 0) is 19.0 Å². The molecule has 2 saturated heterocycles. The van der Waals surface area contributed by atoms with Crippen LogP contribution in [0.2, 0.25) is 0 Å². The summed E-state index contributed by atoms with van der Waals surface area (Å²) < 4.78 is 16.6. The molecule has 2 heterocycles. The molecule has 2 aliphatic heterocycles. The summed E-state index contributed by atoms with van der Waals surface area (Å²) in [6, 6.07) is 9.14. The Morgan fingerprint density at radius 2 is 2.00 bits per heavy atom. The number of carbonyl (C=O) groups excluding carboxylic acids is 2. The third-order valence-corrected chi connectivity index (χ3v) is 4.41. The molecule has 0 saturated carbocycles. The first kappa shape index (κ1) is 16.9. The number of hydrogen-bond acceptors (Lipinski definition) is 5. The first-order chi connectivity index (χ1) is 11.4. The second kappa shape index (κ2) is 6.53. The number of ether oxygens (including phenoxy) is 3. The Balaban J connectivity index is 1.60. The molecule has 0 N–H and O–H groups in total. The summed E-state index contributed by atoms with van der Waals surface area (Å²) in [5.41, 5.74) is 0.892. The van der Waals surface area contributed by atoms with Crippen molar-refractivity contribution in [2.45, 2.75) is 57.6 Å². The number of rotatable bonds is 4. The van der Waals surface area contributed by atoms with Crippen molar-refractivity contribution in [3.8, 4) is 0 Å². The van der Waals surface area contributed by atoms with Gasteiger partial charge in [0.2, 0.25) is 5.91 Å². The van der Waals surface area contributed by atoms with Crippen molar-refractivity contribution in [1.29, 1.82) is 0 Å². The third-order valence-electron chi connectivity index (χ3n) is 4.41. The zero-order valence-corrected chi connectivity index (χ0v) is 14.2. The van der Waals surface area contributed by atoms with Gasteiger partial charge in [-0.2, -0.15) is 0 Å². The van der Waals surface area contributed by atoms with Crippen LogP contribution >= 0.6 is 0 Å². The smallest absolute Gasteiger partial charge is 0.417 e. The quantitative estimate of drug-likeness (QED) is 0.847. The van der Waals surface area contributed by atoms with Crippen molar-refractivity contribution < 1.29 is 23.8 Å². The molecule has 0 aromatic heterocycles. The number of benzene rings is 1. The van der Waals surface area contributed by atoms with Crippen molar-refractivity contribution in [2.24, 2.45) is 0 Å². The second-order valence-electron chi connectivity index (χ2n) is 6.71. The number of hydrogen-bond donors (Lipinski definition) is 0. The maximum atomic E-state index is 12.5. The summed E-state index contributed by atoms with van der Waals surface area (Å²) >= 11 is 0. The highest BCUT2D eigenvalue weighted by Crippen LogP contribution is 2.33. The molecule has 0 radical (unpaired) electrons. The highest BCUT2D eigenvalue weighted by Gasteiger charge is 2.43. The summed E-state index contributed by atoms with van der Waals surface area (Å²) in [6.07, 6.45) is -0.375. The van der Waals surface area contributed by atoms with Gasteiger partial charge in [-0.1, -0.05) is 30.3 Å². The van der Waals surface area contributed by atoms with Crippen molar-refractivity contribution in [2.75, 3.05) is 6.61 Å². The van der Waals surface area contributed by atoms with Crippen LogP contribution < -0.4 is 0 Å². The van der Waals surface area contributed by atoms with E-state index in [2.05, 4.69) is 0 Å². The van der Waals surface area contributed by atoms with Gasteiger partial charge in [0.25, 0.3) is 0 Å². The fourth-order valence-electron chi connectivity index (χ4n) is 3.19. The van der Waals surface area contributed by atoms with Gasteiger partial charge in [0, 0.05) is 6.42 Å².